The predicted molar refractivity (Wildman–Crippen MR) is 151 cm³/mol. The van der Waals surface area contributed by atoms with Gasteiger partial charge in [-0.3, -0.25) is 29.0 Å². The molecule has 0 saturated carbocycles. The zero-order valence-corrected chi connectivity index (χ0v) is 23.1. The Balaban J connectivity index is 1.24. The Labute approximate surface area is 236 Å². The second-order valence-electron chi connectivity index (χ2n) is 10.0. The van der Waals surface area contributed by atoms with Crippen molar-refractivity contribution in [3.8, 4) is 22.3 Å². The highest BCUT2D eigenvalue weighted by Gasteiger charge is 2.35. The number of rotatable bonds is 6. The van der Waals surface area contributed by atoms with Gasteiger partial charge in [0.1, 0.15) is 0 Å². The van der Waals surface area contributed by atoms with E-state index in [-0.39, 0.29) is 33.4 Å². The van der Waals surface area contributed by atoms with Crippen LogP contribution in [0.3, 0.4) is 0 Å². The molecule has 41 heavy (non-hydrogen) atoms. The summed E-state index contributed by atoms with van der Waals surface area (Å²) in [5.41, 5.74) is 4.22. The molecule has 4 aromatic rings. The Hall–Kier alpha value is -4.89. The van der Waals surface area contributed by atoms with Crippen LogP contribution in [0.15, 0.2) is 94.7 Å². The standard InChI is InChI=1S/C32H24N2O6S/c1-3-16-34-31(37)26-15-9-22(18-28(26)32(34)38)20-6-12-24(13-7-20)41(39,40)23-10-4-19(5-11-23)21-8-14-25-27(17-21)30(36)33(2)29(25)35/h4-15,17-18H,3,16H2,1-2H3. The fourth-order valence-electron chi connectivity index (χ4n) is 5.23. The summed E-state index contributed by atoms with van der Waals surface area (Å²) in [5, 5.41) is 0. The molecule has 0 saturated heterocycles. The van der Waals surface area contributed by atoms with Crippen molar-refractivity contribution in [1.82, 2.24) is 9.80 Å². The van der Waals surface area contributed by atoms with Gasteiger partial charge in [0.15, 0.2) is 0 Å². The molecule has 0 fully saturated rings. The van der Waals surface area contributed by atoms with Gasteiger partial charge in [-0.1, -0.05) is 43.3 Å². The molecule has 9 heteroatoms. The lowest BCUT2D eigenvalue weighted by Crippen LogP contribution is -2.30. The van der Waals surface area contributed by atoms with E-state index in [1.165, 1.54) is 36.2 Å². The van der Waals surface area contributed by atoms with E-state index in [4.69, 9.17) is 0 Å². The highest BCUT2D eigenvalue weighted by molar-refractivity contribution is 7.91. The molecule has 4 amide bonds. The highest BCUT2D eigenvalue weighted by Crippen LogP contribution is 2.32. The Morgan fingerprint density at radius 3 is 1.41 bits per heavy atom. The SMILES string of the molecule is CCCN1C(=O)c2ccc(-c3ccc(S(=O)(=O)c4ccc(-c5ccc6c(c5)C(=O)N(C)C6=O)cc4)cc3)cc2C1=O. The van der Waals surface area contributed by atoms with Gasteiger partial charge in [-0.2, -0.15) is 0 Å². The topological polar surface area (TPSA) is 109 Å². The fraction of sp³-hybridized carbons (Fsp3) is 0.125. The average molecular weight is 565 g/mol. The average Bonchev–Trinajstić information content (AvgIpc) is 3.36. The minimum Gasteiger partial charge on any atom is -0.277 e. The van der Waals surface area contributed by atoms with Crippen LogP contribution in [0.4, 0.5) is 0 Å². The van der Waals surface area contributed by atoms with Crippen LogP contribution in [0.2, 0.25) is 0 Å². The number of nitrogens with zero attached hydrogens (tertiary/aromatic N) is 2. The first-order valence-electron chi connectivity index (χ1n) is 13.0. The molecule has 2 aliphatic rings. The van der Waals surface area contributed by atoms with Gasteiger partial charge in [-0.05, 0) is 77.2 Å². The monoisotopic (exact) mass is 564 g/mol. The molecule has 2 aliphatic heterocycles. The molecule has 0 atom stereocenters. The summed E-state index contributed by atoms with van der Waals surface area (Å²) in [4.78, 5) is 52.3. The first kappa shape index (κ1) is 26.3. The molecule has 0 radical (unpaired) electrons. The van der Waals surface area contributed by atoms with Crippen molar-refractivity contribution in [3.05, 3.63) is 107 Å². The quantitative estimate of drug-likeness (QED) is 0.302. The number of sulfone groups is 1. The van der Waals surface area contributed by atoms with Gasteiger partial charge >= 0.3 is 0 Å². The summed E-state index contributed by atoms with van der Waals surface area (Å²) in [6, 6.07) is 22.8. The first-order valence-corrected chi connectivity index (χ1v) is 14.5. The third-order valence-corrected chi connectivity index (χ3v) is 9.29. The maximum Gasteiger partial charge on any atom is 0.261 e. The highest BCUT2D eigenvalue weighted by atomic mass is 32.2. The normalized spacial score (nSPS) is 14.6. The lowest BCUT2D eigenvalue weighted by Gasteiger charge is -2.11. The molecule has 2 heterocycles. The Morgan fingerprint density at radius 2 is 0.927 bits per heavy atom. The lowest BCUT2D eigenvalue weighted by molar-refractivity contribution is 0.0649. The van der Waals surface area contributed by atoms with Crippen LogP contribution in [-0.2, 0) is 9.84 Å². The minimum absolute atomic E-state index is 0.110. The minimum atomic E-state index is -3.82. The molecule has 0 spiro atoms. The van der Waals surface area contributed by atoms with Gasteiger partial charge in [0.05, 0.1) is 32.0 Å². The number of carbonyl (C=O) groups is 4. The summed E-state index contributed by atoms with van der Waals surface area (Å²) in [6.45, 7) is 2.26. The Morgan fingerprint density at radius 1 is 0.537 bits per heavy atom. The fourth-order valence-corrected chi connectivity index (χ4v) is 6.49. The van der Waals surface area contributed by atoms with Crippen LogP contribution in [0.5, 0.6) is 0 Å². The van der Waals surface area contributed by atoms with Gasteiger partial charge in [-0.15, -0.1) is 0 Å². The van der Waals surface area contributed by atoms with E-state index in [9.17, 15) is 27.6 Å². The zero-order valence-electron chi connectivity index (χ0n) is 22.2. The van der Waals surface area contributed by atoms with E-state index in [0.29, 0.717) is 57.5 Å². The number of benzene rings is 4. The molecule has 0 aliphatic carbocycles. The summed E-state index contributed by atoms with van der Waals surface area (Å²) in [5.74, 6) is -1.32. The molecule has 0 aromatic heterocycles. The Bertz CT molecular complexity index is 1890. The van der Waals surface area contributed by atoms with Crippen LogP contribution in [0.25, 0.3) is 22.3 Å². The van der Waals surface area contributed by atoms with Crippen LogP contribution in [0, 0.1) is 0 Å². The number of fused-ring (bicyclic) bond motifs is 2. The molecular formula is C32H24N2O6S. The molecule has 8 nitrogen and oxygen atoms in total. The summed E-state index contributed by atoms with van der Waals surface area (Å²) >= 11 is 0. The molecular weight excluding hydrogens is 540 g/mol. The van der Waals surface area contributed by atoms with Crippen molar-refractivity contribution in [2.45, 2.75) is 23.1 Å². The molecule has 6 rings (SSSR count). The van der Waals surface area contributed by atoms with Gasteiger partial charge in [-0.25, -0.2) is 8.42 Å². The maximum atomic E-state index is 13.4. The largest absolute Gasteiger partial charge is 0.277 e. The zero-order chi connectivity index (χ0) is 29.1. The maximum absolute atomic E-state index is 13.4. The van der Waals surface area contributed by atoms with Gasteiger partial charge in [0.2, 0.25) is 9.84 Å². The molecule has 4 aromatic carbocycles. The van der Waals surface area contributed by atoms with Crippen LogP contribution in [-0.4, -0.2) is 55.4 Å². The third-order valence-electron chi connectivity index (χ3n) is 7.50. The van der Waals surface area contributed by atoms with E-state index < -0.39 is 9.84 Å². The molecule has 0 unspecified atom stereocenters. The second-order valence-corrected chi connectivity index (χ2v) is 12.0. The van der Waals surface area contributed by atoms with Crippen LogP contribution >= 0.6 is 0 Å². The summed E-state index contributed by atoms with van der Waals surface area (Å²) in [6.07, 6.45) is 0.673. The smallest absolute Gasteiger partial charge is 0.261 e. The predicted octanol–water partition coefficient (Wildman–Crippen LogP) is 5.09. The molecule has 0 N–H and O–H groups in total. The van der Waals surface area contributed by atoms with E-state index in [1.807, 2.05) is 6.92 Å². The molecule has 204 valence electrons. The number of amides is 4. The second kappa shape index (κ2) is 9.64. The van der Waals surface area contributed by atoms with Crippen molar-refractivity contribution in [2.75, 3.05) is 13.6 Å². The number of hydrogen-bond acceptors (Lipinski definition) is 6. The van der Waals surface area contributed by atoms with Crippen molar-refractivity contribution in [1.29, 1.82) is 0 Å². The number of carbonyl (C=O) groups excluding carboxylic acids is 4. The van der Waals surface area contributed by atoms with Crippen molar-refractivity contribution >= 4 is 33.5 Å². The van der Waals surface area contributed by atoms with Crippen LogP contribution in [0.1, 0.15) is 54.8 Å². The van der Waals surface area contributed by atoms with Crippen molar-refractivity contribution in [2.24, 2.45) is 0 Å². The molecule has 0 bridgehead atoms. The number of imide groups is 2. The third kappa shape index (κ3) is 4.17. The van der Waals surface area contributed by atoms with E-state index in [1.54, 1.807) is 60.7 Å². The van der Waals surface area contributed by atoms with Crippen molar-refractivity contribution in [3.63, 3.8) is 0 Å². The van der Waals surface area contributed by atoms with E-state index in [2.05, 4.69) is 0 Å². The Kier molecular flexibility index (Phi) is 6.19. The van der Waals surface area contributed by atoms with Crippen LogP contribution < -0.4 is 0 Å². The van der Waals surface area contributed by atoms with Gasteiger partial charge < -0.3 is 0 Å². The van der Waals surface area contributed by atoms with Crippen molar-refractivity contribution < 1.29 is 27.6 Å². The summed E-state index contributed by atoms with van der Waals surface area (Å²) in [7, 11) is -2.38. The van der Waals surface area contributed by atoms with Gasteiger partial charge in [0.25, 0.3) is 23.6 Å². The first-order chi connectivity index (χ1) is 19.6. The number of hydrogen-bond donors (Lipinski definition) is 0. The van der Waals surface area contributed by atoms with Gasteiger partial charge in [0, 0.05) is 13.6 Å². The summed E-state index contributed by atoms with van der Waals surface area (Å²) < 4.78 is 26.7. The lowest BCUT2D eigenvalue weighted by atomic mass is 10.0. The van der Waals surface area contributed by atoms with E-state index in [0.717, 1.165) is 4.90 Å². The van der Waals surface area contributed by atoms with E-state index >= 15 is 0 Å².